The number of hydrogen-bond acceptors (Lipinski definition) is 4. The Balaban J connectivity index is 2.07. The van der Waals surface area contributed by atoms with Crippen LogP contribution in [0.3, 0.4) is 0 Å². The van der Waals surface area contributed by atoms with Crippen molar-refractivity contribution >= 4 is 5.69 Å². The maximum Gasteiger partial charge on any atom is 0.0674 e. The number of aromatic nitrogens is 1. The predicted octanol–water partition coefficient (Wildman–Crippen LogP) is 2.75. The van der Waals surface area contributed by atoms with Crippen molar-refractivity contribution in [3.63, 3.8) is 0 Å². The largest absolute Gasteiger partial charge is 0.380 e. The number of rotatable bonds is 5. The summed E-state index contributed by atoms with van der Waals surface area (Å²) in [6.07, 6.45) is 7.21. The Morgan fingerprint density at radius 3 is 2.81 bits per heavy atom. The zero-order chi connectivity index (χ0) is 15.3. The van der Waals surface area contributed by atoms with Crippen molar-refractivity contribution in [2.45, 2.75) is 39.3 Å². The molecular formula is C17H27N3O. The third kappa shape index (κ3) is 4.83. The van der Waals surface area contributed by atoms with Crippen LogP contribution in [-0.4, -0.2) is 37.3 Å². The lowest BCUT2D eigenvalue weighted by Crippen LogP contribution is -2.36. The molecule has 0 saturated heterocycles. The van der Waals surface area contributed by atoms with E-state index in [1.165, 1.54) is 16.8 Å². The van der Waals surface area contributed by atoms with Gasteiger partial charge in [-0.2, -0.15) is 0 Å². The Labute approximate surface area is 128 Å². The first-order valence-corrected chi connectivity index (χ1v) is 7.59. The van der Waals surface area contributed by atoms with Gasteiger partial charge in [-0.25, -0.2) is 0 Å². The third-order valence-corrected chi connectivity index (χ3v) is 3.66. The molecule has 0 unspecified atom stereocenters. The topological polar surface area (TPSA) is 37.4 Å². The molecule has 0 radical (unpaired) electrons. The first kappa shape index (κ1) is 16.0. The van der Waals surface area contributed by atoms with Gasteiger partial charge in [-0.1, -0.05) is 6.08 Å². The molecule has 21 heavy (non-hydrogen) atoms. The maximum absolute atomic E-state index is 5.22. The molecule has 4 heteroatoms. The lowest BCUT2D eigenvalue weighted by molar-refractivity contribution is 0.222. The van der Waals surface area contributed by atoms with Crippen LogP contribution in [0, 0.1) is 0 Å². The second-order valence-corrected chi connectivity index (χ2v) is 6.60. The molecule has 0 spiro atoms. The lowest BCUT2D eigenvalue weighted by Gasteiger charge is -2.30. The minimum atomic E-state index is 0.112. The molecule has 0 aromatic carbocycles. The van der Waals surface area contributed by atoms with E-state index in [1.807, 2.05) is 12.4 Å². The normalized spacial score (nSPS) is 16.0. The lowest BCUT2D eigenvalue weighted by atomic mass is 10.1. The number of pyridine rings is 1. The fourth-order valence-electron chi connectivity index (χ4n) is 2.47. The van der Waals surface area contributed by atoms with E-state index in [9.17, 15) is 0 Å². The summed E-state index contributed by atoms with van der Waals surface area (Å²) in [7, 11) is 1.76. The van der Waals surface area contributed by atoms with Gasteiger partial charge >= 0.3 is 0 Å². The molecule has 0 fully saturated rings. The highest BCUT2D eigenvalue weighted by Gasteiger charge is 2.16. The van der Waals surface area contributed by atoms with E-state index in [0.717, 1.165) is 32.7 Å². The molecule has 4 nitrogen and oxygen atoms in total. The van der Waals surface area contributed by atoms with Crippen molar-refractivity contribution in [2.24, 2.45) is 0 Å². The number of nitrogens with zero attached hydrogens (tertiary/aromatic N) is 2. The smallest absolute Gasteiger partial charge is 0.0674 e. The van der Waals surface area contributed by atoms with E-state index >= 15 is 0 Å². The van der Waals surface area contributed by atoms with Gasteiger partial charge in [-0.3, -0.25) is 4.98 Å². The van der Waals surface area contributed by atoms with Gasteiger partial charge in [-0.05, 0) is 38.8 Å². The minimum Gasteiger partial charge on any atom is -0.380 e. The van der Waals surface area contributed by atoms with E-state index in [1.54, 1.807) is 7.11 Å². The summed E-state index contributed by atoms with van der Waals surface area (Å²) in [4.78, 5) is 6.70. The molecule has 0 amide bonds. The van der Waals surface area contributed by atoms with Crippen LogP contribution in [0.15, 0.2) is 30.1 Å². The van der Waals surface area contributed by atoms with Gasteiger partial charge in [0, 0.05) is 55.9 Å². The molecule has 1 aliphatic heterocycles. The van der Waals surface area contributed by atoms with Crippen molar-refractivity contribution in [2.75, 3.05) is 31.7 Å². The van der Waals surface area contributed by atoms with Crippen molar-refractivity contribution in [3.8, 4) is 0 Å². The number of nitrogens with one attached hydrogen (secondary N) is 1. The standard InChI is InChI=1S/C17H27N3O/c1-17(2,3)19-12-15-11-18-8-5-16(15)20-9-6-14(7-10-20)13-21-4/h5-6,8,11,19H,7,9-10,12-13H2,1-4H3. The van der Waals surface area contributed by atoms with E-state index in [2.05, 4.69) is 48.1 Å². The second-order valence-electron chi connectivity index (χ2n) is 6.60. The molecule has 0 atom stereocenters. The summed E-state index contributed by atoms with van der Waals surface area (Å²) >= 11 is 0. The van der Waals surface area contributed by atoms with Crippen molar-refractivity contribution in [1.29, 1.82) is 0 Å². The van der Waals surface area contributed by atoms with E-state index < -0.39 is 0 Å². The molecule has 1 aromatic rings. The summed E-state index contributed by atoms with van der Waals surface area (Å²) in [5, 5.41) is 3.54. The summed E-state index contributed by atoms with van der Waals surface area (Å²) in [6, 6.07) is 2.12. The number of methoxy groups -OCH3 is 1. The molecule has 2 rings (SSSR count). The Hall–Kier alpha value is -1.39. The van der Waals surface area contributed by atoms with Gasteiger partial charge in [0.2, 0.25) is 0 Å². The first-order chi connectivity index (χ1) is 9.99. The van der Waals surface area contributed by atoms with Crippen LogP contribution in [0.5, 0.6) is 0 Å². The van der Waals surface area contributed by atoms with E-state index in [4.69, 9.17) is 4.74 Å². The van der Waals surface area contributed by atoms with E-state index in [-0.39, 0.29) is 5.54 Å². The molecule has 0 saturated carbocycles. The summed E-state index contributed by atoms with van der Waals surface area (Å²) in [5.74, 6) is 0. The monoisotopic (exact) mass is 289 g/mol. The fourth-order valence-corrected chi connectivity index (χ4v) is 2.47. The number of hydrogen-bond donors (Lipinski definition) is 1. The van der Waals surface area contributed by atoms with Gasteiger partial charge < -0.3 is 15.0 Å². The minimum absolute atomic E-state index is 0.112. The van der Waals surface area contributed by atoms with Gasteiger partial charge in [0.05, 0.1) is 6.61 Å². The van der Waals surface area contributed by atoms with Crippen LogP contribution < -0.4 is 10.2 Å². The van der Waals surface area contributed by atoms with Crippen LogP contribution in [0.1, 0.15) is 32.8 Å². The Bertz CT molecular complexity index is 491. The number of anilines is 1. The van der Waals surface area contributed by atoms with Gasteiger partial charge in [0.15, 0.2) is 0 Å². The third-order valence-electron chi connectivity index (χ3n) is 3.66. The van der Waals surface area contributed by atoms with Crippen LogP contribution in [0.25, 0.3) is 0 Å². The summed E-state index contributed by atoms with van der Waals surface area (Å²) < 4.78 is 5.22. The molecule has 1 N–H and O–H groups in total. The van der Waals surface area contributed by atoms with Crippen LogP contribution in [0.2, 0.25) is 0 Å². The van der Waals surface area contributed by atoms with Gasteiger partial charge in [0.25, 0.3) is 0 Å². The molecule has 0 bridgehead atoms. The molecule has 116 valence electrons. The Morgan fingerprint density at radius 1 is 1.38 bits per heavy atom. The predicted molar refractivity (Wildman–Crippen MR) is 87.6 cm³/mol. The fraction of sp³-hybridized carbons (Fsp3) is 0.588. The van der Waals surface area contributed by atoms with E-state index in [0.29, 0.717) is 0 Å². The zero-order valence-corrected chi connectivity index (χ0v) is 13.6. The molecule has 1 aliphatic rings. The highest BCUT2D eigenvalue weighted by Crippen LogP contribution is 2.23. The quantitative estimate of drug-likeness (QED) is 0.846. The van der Waals surface area contributed by atoms with Crippen molar-refractivity contribution in [3.05, 3.63) is 35.7 Å². The van der Waals surface area contributed by atoms with Crippen molar-refractivity contribution < 1.29 is 4.74 Å². The van der Waals surface area contributed by atoms with Gasteiger partial charge in [-0.15, -0.1) is 0 Å². The summed E-state index contributed by atoms with van der Waals surface area (Å²) in [6.45, 7) is 10.1. The number of ether oxygens (including phenoxy) is 1. The second kappa shape index (κ2) is 7.05. The molecule has 0 aliphatic carbocycles. The van der Waals surface area contributed by atoms with Crippen LogP contribution in [0.4, 0.5) is 5.69 Å². The average Bonchev–Trinajstić information content (AvgIpc) is 2.46. The molecular weight excluding hydrogens is 262 g/mol. The van der Waals surface area contributed by atoms with Crippen LogP contribution in [-0.2, 0) is 11.3 Å². The highest BCUT2D eigenvalue weighted by atomic mass is 16.5. The van der Waals surface area contributed by atoms with Crippen molar-refractivity contribution in [1.82, 2.24) is 10.3 Å². The SMILES string of the molecule is COCC1=CCN(c2ccncc2CNC(C)(C)C)CC1. The Morgan fingerprint density at radius 2 is 2.19 bits per heavy atom. The highest BCUT2D eigenvalue weighted by molar-refractivity contribution is 5.53. The zero-order valence-electron chi connectivity index (χ0n) is 13.6. The Kier molecular flexibility index (Phi) is 5.37. The summed E-state index contributed by atoms with van der Waals surface area (Å²) in [5.41, 5.74) is 4.06. The van der Waals surface area contributed by atoms with Gasteiger partial charge in [0.1, 0.15) is 0 Å². The maximum atomic E-state index is 5.22. The first-order valence-electron chi connectivity index (χ1n) is 7.59. The van der Waals surface area contributed by atoms with Crippen LogP contribution >= 0.6 is 0 Å². The average molecular weight is 289 g/mol. The molecule has 2 heterocycles. The molecule has 1 aromatic heterocycles.